The molecule has 1 unspecified atom stereocenters. The number of hydrogen-bond acceptors (Lipinski definition) is 6. The van der Waals surface area contributed by atoms with Crippen LogP contribution in [-0.4, -0.2) is 48.5 Å². The first-order valence-corrected chi connectivity index (χ1v) is 11.9. The van der Waals surface area contributed by atoms with E-state index in [2.05, 4.69) is 10.3 Å². The van der Waals surface area contributed by atoms with E-state index in [1.165, 1.54) is 30.5 Å². The van der Waals surface area contributed by atoms with Crippen LogP contribution in [0.25, 0.3) is 15.8 Å². The molecule has 7 nitrogen and oxygen atoms in total. The highest BCUT2D eigenvalue weighted by molar-refractivity contribution is 7.13. The summed E-state index contributed by atoms with van der Waals surface area (Å²) in [6.45, 7) is 1.33. The second kappa shape index (κ2) is 12.2. The van der Waals surface area contributed by atoms with Crippen molar-refractivity contribution >= 4 is 17.3 Å². The number of nitrogens with zero attached hydrogens (tertiary/aromatic N) is 2. The van der Waals surface area contributed by atoms with Gasteiger partial charge >= 0.3 is 12.1 Å². The zero-order chi connectivity index (χ0) is 26.3. The fourth-order valence-corrected chi connectivity index (χ4v) is 4.06. The van der Waals surface area contributed by atoms with Gasteiger partial charge in [0.15, 0.2) is 17.2 Å². The summed E-state index contributed by atoms with van der Waals surface area (Å²) in [5, 5.41) is 23.3. The van der Waals surface area contributed by atoms with Crippen molar-refractivity contribution in [1.82, 2.24) is 4.98 Å². The highest BCUT2D eigenvalue weighted by atomic mass is 32.1. The van der Waals surface area contributed by atoms with Gasteiger partial charge in [0.05, 0.1) is 36.3 Å². The number of aliphatic hydroxyl groups excluding tert-OH is 1. The van der Waals surface area contributed by atoms with Crippen LogP contribution in [-0.2, 0) is 6.18 Å². The zero-order valence-corrected chi connectivity index (χ0v) is 20.5. The fraction of sp³-hybridized carbons (Fsp3) is 0.360. The number of aliphatic hydroxyl groups is 1. The maximum absolute atomic E-state index is 12.5. The molecule has 0 radical (unpaired) electrons. The number of aromatic carboxylic acids is 1. The third-order valence-electron chi connectivity index (χ3n) is 5.40. The van der Waals surface area contributed by atoms with Crippen LogP contribution in [0, 0.1) is 5.92 Å². The largest absolute Gasteiger partial charge is 0.660 e. The van der Waals surface area contributed by atoms with Crippen molar-refractivity contribution in [3.63, 3.8) is 0 Å². The minimum Gasteiger partial charge on any atom is -0.660 e. The van der Waals surface area contributed by atoms with Crippen LogP contribution in [0.3, 0.4) is 0 Å². The molecule has 1 saturated carbocycles. The Morgan fingerprint density at radius 2 is 1.89 bits per heavy atom. The van der Waals surface area contributed by atoms with Crippen molar-refractivity contribution < 1.29 is 37.7 Å². The SMILES string of the molecule is COc1ccc(C(O)C[N-]CC2CC2)cc1OC.O=C(O)c1ncsc1-c1cccc(C(F)(F)F)c1. The van der Waals surface area contributed by atoms with Gasteiger partial charge in [-0.25, -0.2) is 9.78 Å². The molecule has 1 aliphatic rings. The summed E-state index contributed by atoms with van der Waals surface area (Å²) in [4.78, 5) is 14.7. The van der Waals surface area contributed by atoms with Crippen LogP contribution in [0.4, 0.5) is 13.2 Å². The molecule has 1 fully saturated rings. The molecule has 0 aliphatic heterocycles. The molecule has 3 aromatic rings. The predicted molar refractivity (Wildman–Crippen MR) is 130 cm³/mol. The van der Waals surface area contributed by atoms with E-state index in [1.807, 2.05) is 6.07 Å². The summed E-state index contributed by atoms with van der Waals surface area (Å²) < 4.78 is 48.0. The summed E-state index contributed by atoms with van der Waals surface area (Å²) in [6, 6.07) is 9.97. The number of halogens is 3. The molecule has 11 heteroatoms. The van der Waals surface area contributed by atoms with Crippen LogP contribution in [0.2, 0.25) is 0 Å². The maximum Gasteiger partial charge on any atom is 0.416 e. The summed E-state index contributed by atoms with van der Waals surface area (Å²) in [6.07, 6.45) is -2.45. The number of carbonyl (C=O) groups is 1. The highest BCUT2D eigenvalue weighted by Crippen LogP contribution is 2.35. The molecule has 0 spiro atoms. The summed E-state index contributed by atoms with van der Waals surface area (Å²) in [7, 11) is 3.18. The monoisotopic (exact) mass is 523 g/mol. The molecule has 0 bridgehead atoms. The third-order valence-corrected chi connectivity index (χ3v) is 6.28. The Bertz CT molecular complexity index is 1160. The lowest BCUT2D eigenvalue weighted by Crippen LogP contribution is -2.05. The quantitative estimate of drug-likeness (QED) is 0.354. The first-order valence-electron chi connectivity index (χ1n) is 11.0. The molecular formula is C25H26F3N2O5S-. The number of thiazole rings is 1. The van der Waals surface area contributed by atoms with Crippen molar-refractivity contribution in [3.05, 3.63) is 70.1 Å². The first-order chi connectivity index (χ1) is 17.1. The number of carboxylic acids is 1. The smallest absolute Gasteiger partial charge is 0.416 e. The van der Waals surface area contributed by atoms with Crippen LogP contribution in [0.5, 0.6) is 11.5 Å². The Labute approximate surface area is 210 Å². The predicted octanol–water partition coefficient (Wildman–Crippen LogP) is 6.05. The molecule has 2 N–H and O–H groups in total. The van der Waals surface area contributed by atoms with E-state index in [1.54, 1.807) is 26.4 Å². The van der Waals surface area contributed by atoms with Gasteiger partial charge in [-0.1, -0.05) is 37.0 Å². The number of alkyl halides is 3. The number of methoxy groups -OCH3 is 2. The Hall–Kier alpha value is -3.15. The average molecular weight is 524 g/mol. The molecule has 1 atom stereocenters. The van der Waals surface area contributed by atoms with Crippen LogP contribution in [0.15, 0.2) is 48.0 Å². The number of carboxylic acid groups (broad SMARTS) is 1. The van der Waals surface area contributed by atoms with Gasteiger partial charge in [0.25, 0.3) is 0 Å². The van der Waals surface area contributed by atoms with E-state index in [-0.39, 0.29) is 16.1 Å². The Kier molecular flexibility index (Phi) is 9.30. The molecule has 1 heterocycles. The number of rotatable bonds is 9. The first kappa shape index (κ1) is 27.4. The van der Waals surface area contributed by atoms with Crippen molar-refractivity contribution in [2.24, 2.45) is 5.92 Å². The standard InChI is InChI=1S/C14H20NO3.C11H6F3NO2S/c1-17-13-6-5-11(7-14(13)18-2)12(16)9-15-8-10-3-4-10;12-11(13,14)7-3-1-2-6(4-7)9-8(10(16)17)15-5-18-9/h5-7,10,12,16H,3-4,8-9H2,1-2H3;1-5H,(H,16,17)/q-1;. The lowest BCUT2D eigenvalue weighted by molar-refractivity contribution is -0.137. The van der Waals surface area contributed by atoms with Crippen LogP contribution >= 0.6 is 11.3 Å². The molecule has 1 aliphatic carbocycles. The fourth-order valence-electron chi connectivity index (χ4n) is 3.29. The van der Waals surface area contributed by atoms with E-state index < -0.39 is 23.8 Å². The lowest BCUT2D eigenvalue weighted by Gasteiger charge is -2.23. The maximum atomic E-state index is 12.5. The van der Waals surface area contributed by atoms with Crippen LogP contribution < -0.4 is 9.47 Å². The van der Waals surface area contributed by atoms with Gasteiger partial charge in [-0.15, -0.1) is 24.4 Å². The molecular weight excluding hydrogens is 497 g/mol. The molecule has 194 valence electrons. The van der Waals surface area contributed by atoms with Gasteiger partial charge in [-0.2, -0.15) is 13.2 Å². The topological polar surface area (TPSA) is 103 Å². The molecule has 36 heavy (non-hydrogen) atoms. The Morgan fingerprint density at radius 3 is 2.50 bits per heavy atom. The zero-order valence-electron chi connectivity index (χ0n) is 19.7. The van der Waals surface area contributed by atoms with E-state index >= 15 is 0 Å². The van der Waals surface area contributed by atoms with Crippen molar-refractivity contribution in [3.8, 4) is 21.9 Å². The van der Waals surface area contributed by atoms with Gasteiger partial charge in [0, 0.05) is 0 Å². The van der Waals surface area contributed by atoms with Gasteiger partial charge in [0.1, 0.15) is 0 Å². The van der Waals surface area contributed by atoms with Crippen molar-refractivity contribution in [2.45, 2.75) is 25.1 Å². The summed E-state index contributed by atoms with van der Waals surface area (Å²) >= 11 is 0.991. The molecule has 1 aromatic heterocycles. The minimum absolute atomic E-state index is 0.199. The number of aromatic nitrogens is 1. The average Bonchev–Trinajstić information content (AvgIpc) is 3.55. The van der Waals surface area contributed by atoms with Gasteiger partial charge in [-0.3, -0.25) is 0 Å². The highest BCUT2D eigenvalue weighted by Gasteiger charge is 2.31. The molecule has 0 amide bonds. The molecule has 4 rings (SSSR count). The second-order valence-corrected chi connectivity index (χ2v) is 8.93. The summed E-state index contributed by atoms with van der Waals surface area (Å²) in [5.74, 6) is 0.811. The lowest BCUT2D eigenvalue weighted by atomic mass is 10.1. The minimum atomic E-state index is -4.45. The van der Waals surface area contributed by atoms with E-state index in [0.717, 1.165) is 41.5 Å². The third kappa shape index (κ3) is 7.42. The van der Waals surface area contributed by atoms with E-state index in [0.29, 0.717) is 18.0 Å². The Balaban J connectivity index is 0.000000201. The van der Waals surface area contributed by atoms with Crippen molar-refractivity contribution in [2.75, 3.05) is 27.3 Å². The Morgan fingerprint density at radius 1 is 1.17 bits per heavy atom. The van der Waals surface area contributed by atoms with Crippen molar-refractivity contribution in [1.29, 1.82) is 0 Å². The van der Waals surface area contributed by atoms with E-state index in [4.69, 9.17) is 14.6 Å². The second-order valence-electron chi connectivity index (χ2n) is 8.08. The van der Waals surface area contributed by atoms with E-state index in [9.17, 15) is 23.1 Å². The summed E-state index contributed by atoms with van der Waals surface area (Å²) in [5.41, 5.74) is 1.25. The normalized spacial score (nSPS) is 13.9. The molecule has 0 saturated heterocycles. The molecule has 2 aromatic carbocycles. The number of benzene rings is 2. The number of hydrogen-bond donors (Lipinski definition) is 2. The number of ether oxygens (including phenoxy) is 2. The van der Waals surface area contributed by atoms with Gasteiger partial charge in [0.2, 0.25) is 0 Å². The van der Waals surface area contributed by atoms with Gasteiger partial charge < -0.3 is 25.0 Å². The van der Waals surface area contributed by atoms with Crippen LogP contribution in [0.1, 0.15) is 40.6 Å². The van der Waals surface area contributed by atoms with Gasteiger partial charge in [-0.05, 0) is 35.4 Å².